The van der Waals surface area contributed by atoms with Crippen LogP contribution in [-0.2, 0) is 16.5 Å². The van der Waals surface area contributed by atoms with Gasteiger partial charge in [-0.2, -0.15) is 0 Å². The molecule has 1 N–H and O–H groups in total. The Bertz CT molecular complexity index is 1610. The minimum absolute atomic E-state index is 0.221. The molecular formula is C38H41BrCl2F2N2O4. The average Bonchev–Trinajstić information content (AvgIpc) is 3.69. The number of β-amino-alcohol motifs (C(OH)–C–C–N with tert-alkyl or cyclic N) is 1. The maximum absolute atomic E-state index is 13.9. The summed E-state index contributed by atoms with van der Waals surface area (Å²) in [5, 5.41) is 12.3. The van der Waals surface area contributed by atoms with Gasteiger partial charge in [0, 0.05) is 60.9 Å². The normalized spacial score (nSPS) is 17.6. The molecule has 0 amide bonds. The standard InChI is InChI=1S/C19H21ClFNO2.C12H15NO2.C7H5BrClF/c20-16-6-7-18(21)15(12-16)13-19(23)8-9-22(14-19)10-11-24-17-4-2-1-3-5-17;14-11-6-7-13(10-11)8-9-15-12-4-2-1-3-5-12;8-4-5-3-6(9)1-2-7(5)10/h1-7,12,23H,8-11,13-14H2;1-5H,6-10H2;1-3H,4H2. The van der Waals surface area contributed by atoms with Gasteiger partial charge < -0.3 is 14.6 Å². The molecule has 1 unspecified atom stereocenters. The van der Waals surface area contributed by atoms with E-state index < -0.39 is 5.60 Å². The van der Waals surface area contributed by atoms with E-state index in [1.807, 2.05) is 60.7 Å². The van der Waals surface area contributed by atoms with Crippen molar-refractivity contribution in [3.05, 3.63) is 130 Å². The zero-order valence-corrected chi connectivity index (χ0v) is 30.3. The van der Waals surface area contributed by atoms with Gasteiger partial charge in [-0.05, 0) is 78.2 Å². The van der Waals surface area contributed by atoms with Crippen LogP contribution in [0, 0.1) is 11.6 Å². The van der Waals surface area contributed by atoms with Crippen LogP contribution < -0.4 is 9.47 Å². The summed E-state index contributed by atoms with van der Waals surface area (Å²) in [6.45, 7) is 5.54. The highest BCUT2D eigenvalue weighted by atomic mass is 79.9. The van der Waals surface area contributed by atoms with Gasteiger partial charge in [-0.3, -0.25) is 14.6 Å². The summed E-state index contributed by atoms with van der Waals surface area (Å²) in [5.41, 5.74) is 0.137. The number of hydrogen-bond acceptors (Lipinski definition) is 6. The summed E-state index contributed by atoms with van der Waals surface area (Å²) in [6.07, 6.45) is 1.59. The minimum Gasteiger partial charge on any atom is -0.492 e. The fourth-order valence-corrected chi connectivity index (χ4v) is 6.27. The van der Waals surface area contributed by atoms with E-state index in [9.17, 15) is 18.7 Å². The highest BCUT2D eigenvalue weighted by molar-refractivity contribution is 9.08. The first-order valence-electron chi connectivity index (χ1n) is 16.1. The van der Waals surface area contributed by atoms with Gasteiger partial charge in [0.2, 0.25) is 0 Å². The molecule has 0 spiro atoms. The van der Waals surface area contributed by atoms with Crippen molar-refractivity contribution in [2.24, 2.45) is 0 Å². The summed E-state index contributed by atoms with van der Waals surface area (Å²) >= 11 is 14.7. The van der Waals surface area contributed by atoms with E-state index in [2.05, 4.69) is 25.7 Å². The number of halogens is 5. The Balaban J connectivity index is 0.000000184. The lowest BCUT2D eigenvalue weighted by atomic mass is 9.93. The second-order valence-electron chi connectivity index (χ2n) is 11.9. The Hall–Kier alpha value is -3.05. The van der Waals surface area contributed by atoms with Crippen molar-refractivity contribution >= 4 is 44.9 Å². The highest BCUT2D eigenvalue weighted by Crippen LogP contribution is 2.28. The number of benzene rings is 4. The van der Waals surface area contributed by atoms with Crippen LogP contribution in [0.3, 0.4) is 0 Å². The number of rotatable bonds is 11. The predicted octanol–water partition coefficient (Wildman–Crippen LogP) is 8.25. The number of alkyl halides is 1. The zero-order valence-electron chi connectivity index (χ0n) is 27.2. The number of aliphatic hydroxyl groups is 1. The molecule has 4 aromatic carbocycles. The number of Topliss-reactive ketones (excluding diaryl/α,β-unsaturated/α-hetero) is 1. The van der Waals surface area contributed by atoms with Gasteiger partial charge in [-0.1, -0.05) is 75.5 Å². The lowest BCUT2D eigenvalue weighted by Crippen LogP contribution is -2.36. The third-order valence-corrected chi connectivity index (χ3v) is 9.11. The largest absolute Gasteiger partial charge is 0.492 e. The Kier molecular flexibility index (Phi) is 15.8. The molecule has 4 aromatic rings. The SMILES string of the molecule is Fc1ccc(Cl)cc1CBr.O=C1CCN(CCOc2ccccc2)C1.OC1(Cc2cc(Cl)ccc2F)CCN(CCOc2ccccc2)C1. The van der Waals surface area contributed by atoms with Crippen LogP contribution in [0.15, 0.2) is 97.1 Å². The molecular weight excluding hydrogens is 737 g/mol. The molecule has 0 aliphatic carbocycles. The monoisotopic (exact) mass is 776 g/mol. The number of likely N-dealkylation sites (tertiary alicyclic amines) is 2. The summed E-state index contributed by atoms with van der Waals surface area (Å²) in [5.74, 6) is 1.53. The molecule has 262 valence electrons. The Morgan fingerprint density at radius 3 is 1.80 bits per heavy atom. The zero-order chi connectivity index (χ0) is 35.1. The van der Waals surface area contributed by atoms with Crippen LogP contribution in [-0.4, -0.2) is 78.8 Å². The smallest absolute Gasteiger partial charge is 0.148 e. The highest BCUT2D eigenvalue weighted by Gasteiger charge is 2.36. The fourth-order valence-electron chi connectivity index (χ4n) is 5.45. The van der Waals surface area contributed by atoms with E-state index in [1.54, 1.807) is 12.1 Å². The fraction of sp³-hybridized carbons (Fsp3) is 0.342. The van der Waals surface area contributed by atoms with E-state index in [1.165, 1.54) is 24.3 Å². The number of ketones is 1. The Morgan fingerprint density at radius 1 is 0.755 bits per heavy atom. The van der Waals surface area contributed by atoms with Crippen LogP contribution >= 0.6 is 39.1 Å². The van der Waals surface area contributed by atoms with E-state index >= 15 is 0 Å². The predicted molar refractivity (Wildman–Crippen MR) is 195 cm³/mol. The molecule has 2 aliphatic rings. The van der Waals surface area contributed by atoms with Gasteiger partial charge in [0.25, 0.3) is 0 Å². The van der Waals surface area contributed by atoms with Gasteiger partial charge in [-0.15, -0.1) is 0 Å². The molecule has 2 heterocycles. The molecule has 0 aromatic heterocycles. The first-order valence-corrected chi connectivity index (χ1v) is 18.0. The topological polar surface area (TPSA) is 62.2 Å². The van der Waals surface area contributed by atoms with Crippen LogP contribution in [0.25, 0.3) is 0 Å². The second kappa shape index (κ2) is 20.0. The number of ether oxygens (including phenoxy) is 2. The summed E-state index contributed by atoms with van der Waals surface area (Å²) in [6, 6.07) is 28.4. The molecule has 1 atom stereocenters. The molecule has 11 heteroatoms. The van der Waals surface area contributed by atoms with Crippen LogP contribution in [0.2, 0.25) is 10.0 Å². The molecule has 0 radical (unpaired) electrons. The van der Waals surface area contributed by atoms with Crippen molar-refractivity contribution in [2.45, 2.75) is 30.2 Å². The van der Waals surface area contributed by atoms with Crippen LogP contribution in [0.1, 0.15) is 24.0 Å². The maximum atomic E-state index is 13.9. The van der Waals surface area contributed by atoms with E-state index in [0.717, 1.165) is 37.7 Å². The van der Waals surface area contributed by atoms with Crippen molar-refractivity contribution in [2.75, 3.05) is 52.5 Å². The molecule has 49 heavy (non-hydrogen) atoms. The molecule has 0 saturated carbocycles. The Labute approximate surface area is 305 Å². The third-order valence-electron chi connectivity index (χ3n) is 8.04. The van der Waals surface area contributed by atoms with Gasteiger partial charge in [0.05, 0.1) is 12.1 Å². The first-order chi connectivity index (χ1) is 23.6. The summed E-state index contributed by atoms with van der Waals surface area (Å²) < 4.78 is 37.8. The number of hydrogen-bond donors (Lipinski definition) is 1. The maximum Gasteiger partial charge on any atom is 0.148 e. The molecule has 2 saturated heterocycles. The minimum atomic E-state index is -0.918. The van der Waals surface area contributed by atoms with Crippen molar-refractivity contribution in [3.63, 3.8) is 0 Å². The quantitative estimate of drug-likeness (QED) is 0.155. The van der Waals surface area contributed by atoms with Gasteiger partial charge in [0.1, 0.15) is 42.1 Å². The lowest BCUT2D eigenvalue weighted by molar-refractivity contribution is -0.116. The second-order valence-corrected chi connectivity index (χ2v) is 13.4. The van der Waals surface area contributed by atoms with Gasteiger partial charge in [-0.25, -0.2) is 8.78 Å². The number of para-hydroxylation sites is 2. The van der Waals surface area contributed by atoms with E-state index in [0.29, 0.717) is 71.4 Å². The van der Waals surface area contributed by atoms with Crippen molar-refractivity contribution in [1.82, 2.24) is 9.80 Å². The summed E-state index contributed by atoms with van der Waals surface area (Å²) in [7, 11) is 0. The van der Waals surface area contributed by atoms with Crippen molar-refractivity contribution in [1.29, 1.82) is 0 Å². The van der Waals surface area contributed by atoms with Crippen molar-refractivity contribution < 1.29 is 28.2 Å². The average molecular weight is 779 g/mol. The molecule has 2 aliphatic heterocycles. The van der Waals surface area contributed by atoms with Gasteiger partial charge in [0.15, 0.2) is 0 Å². The number of nitrogens with zero attached hydrogens (tertiary/aromatic N) is 2. The molecule has 0 bridgehead atoms. The van der Waals surface area contributed by atoms with Crippen LogP contribution in [0.4, 0.5) is 8.78 Å². The summed E-state index contributed by atoms with van der Waals surface area (Å²) in [4.78, 5) is 15.3. The molecule has 6 nitrogen and oxygen atoms in total. The van der Waals surface area contributed by atoms with Gasteiger partial charge >= 0.3 is 0 Å². The van der Waals surface area contributed by atoms with E-state index in [-0.39, 0.29) is 18.1 Å². The molecule has 6 rings (SSSR count). The number of carbonyl (C=O) groups is 1. The number of carbonyl (C=O) groups excluding carboxylic acids is 1. The Morgan fingerprint density at radius 2 is 1.29 bits per heavy atom. The van der Waals surface area contributed by atoms with Crippen LogP contribution in [0.5, 0.6) is 11.5 Å². The first kappa shape index (κ1) is 38.7. The van der Waals surface area contributed by atoms with E-state index in [4.69, 9.17) is 32.7 Å². The van der Waals surface area contributed by atoms with Crippen molar-refractivity contribution in [3.8, 4) is 11.5 Å². The lowest BCUT2D eigenvalue weighted by Gasteiger charge is -2.24. The third kappa shape index (κ3) is 13.6. The molecule has 2 fully saturated rings.